The molecule has 3 rings (SSSR count). The highest BCUT2D eigenvalue weighted by molar-refractivity contribution is 5.39. The molecule has 1 aliphatic heterocycles. The van der Waals surface area contributed by atoms with E-state index in [1.807, 2.05) is 12.1 Å². The number of aliphatic hydroxyl groups is 1. The molecule has 2 aromatic rings. The molecule has 0 radical (unpaired) electrons. The highest BCUT2D eigenvalue weighted by Crippen LogP contribution is 2.39. The maximum absolute atomic E-state index is 13.0. The van der Waals surface area contributed by atoms with Gasteiger partial charge in [0, 0.05) is 6.42 Å². The minimum Gasteiger partial charge on any atom is -0.487 e. The molecule has 0 spiro atoms. The van der Waals surface area contributed by atoms with Gasteiger partial charge in [-0.15, -0.1) is 0 Å². The lowest BCUT2D eigenvalue weighted by Gasteiger charge is -2.22. The molecule has 110 valence electrons. The highest BCUT2D eigenvalue weighted by Gasteiger charge is 2.38. The van der Waals surface area contributed by atoms with Crippen molar-refractivity contribution in [3.8, 4) is 5.75 Å². The third kappa shape index (κ3) is 2.61. The number of ether oxygens (including phenoxy) is 1. The maximum Gasteiger partial charge on any atom is 0.416 e. The molecule has 0 amide bonds. The molecule has 1 heterocycles. The molecule has 1 N–H and O–H groups in total. The van der Waals surface area contributed by atoms with Crippen LogP contribution in [0, 0.1) is 0 Å². The summed E-state index contributed by atoms with van der Waals surface area (Å²) in [6.45, 7) is 0. The van der Waals surface area contributed by atoms with Crippen LogP contribution in [0.2, 0.25) is 0 Å². The van der Waals surface area contributed by atoms with E-state index in [0.29, 0.717) is 12.2 Å². The van der Waals surface area contributed by atoms with Crippen molar-refractivity contribution in [3.63, 3.8) is 0 Å². The Labute approximate surface area is 119 Å². The summed E-state index contributed by atoms with van der Waals surface area (Å²) in [6.07, 6.45) is -6.13. The average molecular weight is 294 g/mol. The minimum absolute atomic E-state index is 0.150. The van der Waals surface area contributed by atoms with Crippen molar-refractivity contribution < 1.29 is 23.0 Å². The molecule has 21 heavy (non-hydrogen) atoms. The maximum atomic E-state index is 13.0. The van der Waals surface area contributed by atoms with Crippen molar-refractivity contribution in [2.75, 3.05) is 0 Å². The van der Waals surface area contributed by atoms with E-state index in [1.54, 1.807) is 12.1 Å². The van der Waals surface area contributed by atoms with E-state index >= 15 is 0 Å². The molecule has 1 aliphatic rings. The van der Waals surface area contributed by atoms with Crippen LogP contribution in [0.4, 0.5) is 13.2 Å². The monoisotopic (exact) mass is 294 g/mol. The molecule has 5 heteroatoms. The second kappa shape index (κ2) is 5.07. The Morgan fingerprint density at radius 1 is 1.05 bits per heavy atom. The number of para-hydroxylation sites is 1. The van der Waals surface area contributed by atoms with Crippen molar-refractivity contribution >= 4 is 0 Å². The molecule has 2 unspecified atom stereocenters. The number of hydrogen-bond donors (Lipinski definition) is 1. The van der Waals surface area contributed by atoms with Crippen molar-refractivity contribution in [2.24, 2.45) is 0 Å². The molecule has 0 saturated heterocycles. The molecule has 2 nitrogen and oxygen atoms in total. The fourth-order valence-electron chi connectivity index (χ4n) is 2.60. The van der Waals surface area contributed by atoms with Crippen molar-refractivity contribution in [1.29, 1.82) is 0 Å². The largest absolute Gasteiger partial charge is 0.487 e. The van der Waals surface area contributed by atoms with E-state index in [1.165, 1.54) is 18.2 Å². The first-order valence-corrected chi connectivity index (χ1v) is 6.55. The van der Waals surface area contributed by atoms with Gasteiger partial charge in [-0.25, -0.2) is 0 Å². The van der Waals surface area contributed by atoms with E-state index in [0.717, 1.165) is 11.6 Å². The lowest BCUT2D eigenvalue weighted by atomic mass is 9.96. The Kier molecular flexibility index (Phi) is 3.37. The fraction of sp³-hybridized carbons (Fsp3) is 0.250. The molecule has 2 aromatic carbocycles. The summed E-state index contributed by atoms with van der Waals surface area (Å²) in [5, 5.41) is 10.3. The first-order chi connectivity index (χ1) is 9.97. The zero-order valence-corrected chi connectivity index (χ0v) is 11.0. The quantitative estimate of drug-likeness (QED) is 0.914. The van der Waals surface area contributed by atoms with E-state index in [9.17, 15) is 18.3 Å². The van der Waals surface area contributed by atoms with Gasteiger partial charge < -0.3 is 9.84 Å². The number of aliphatic hydroxyl groups excluding tert-OH is 1. The smallest absolute Gasteiger partial charge is 0.416 e. The summed E-state index contributed by atoms with van der Waals surface area (Å²) in [5.41, 5.74) is -0.0779. The predicted molar refractivity (Wildman–Crippen MR) is 71.0 cm³/mol. The second-order valence-electron chi connectivity index (χ2n) is 5.00. The molecule has 0 fully saturated rings. The summed E-state index contributed by atoms with van der Waals surface area (Å²) in [5.74, 6) is 0.617. The highest BCUT2D eigenvalue weighted by atomic mass is 19.4. The van der Waals surface area contributed by atoms with Crippen molar-refractivity contribution in [1.82, 2.24) is 0 Å². The van der Waals surface area contributed by atoms with E-state index in [4.69, 9.17) is 4.74 Å². The van der Waals surface area contributed by atoms with Gasteiger partial charge in [-0.3, -0.25) is 0 Å². The summed E-state index contributed by atoms with van der Waals surface area (Å²) < 4.78 is 44.6. The van der Waals surface area contributed by atoms with Crippen LogP contribution in [0.1, 0.15) is 22.8 Å². The van der Waals surface area contributed by atoms with Crippen LogP contribution in [-0.4, -0.2) is 11.2 Å². The third-order valence-electron chi connectivity index (χ3n) is 3.61. The Bertz CT molecular complexity index is 627. The molecule has 0 aromatic heterocycles. The Hall–Kier alpha value is -2.01. The van der Waals surface area contributed by atoms with Gasteiger partial charge in [0.15, 0.2) is 0 Å². The Balaban J connectivity index is 1.90. The van der Waals surface area contributed by atoms with Gasteiger partial charge in [0.05, 0.1) is 5.56 Å². The number of hydrogen-bond acceptors (Lipinski definition) is 2. The van der Waals surface area contributed by atoms with Gasteiger partial charge in [0.25, 0.3) is 0 Å². The Morgan fingerprint density at radius 3 is 2.43 bits per heavy atom. The van der Waals surface area contributed by atoms with E-state index in [-0.39, 0.29) is 5.56 Å². The van der Waals surface area contributed by atoms with Crippen LogP contribution in [0.15, 0.2) is 48.5 Å². The van der Waals surface area contributed by atoms with Gasteiger partial charge in [-0.1, -0.05) is 36.4 Å². The third-order valence-corrected chi connectivity index (χ3v) is 3.61. The Morgan fingerprint density at radius 2 is 1.71 bits per heavy atom. The van der Waals surface area contributed by atoms with E-state index < -0.39 is 23.9 Å². The molecule has 2 atom stereocenters. The average Bonchev–Trinajstić information content (AvgIpc) is 2.89. The van der Waals surface area contributed by atoms with Gasteiger partial charge in [0.1, 0.15) is 18.0 Å². The van der Waals surface area contributed by atoms with E-state index in [2.05, 4.69) is 0 Å². The molecule has 0 bridgehead atoms. The summed E-state index contributed by atoms with van der Waals surface area (Å²) in [6, 6.07) is 12.3. The van der Waals surface area contributed by atoms with Crippen molar-refractivity contribution in [2.45, 2.75) is 24.8 Å². The zero-order valence-electron chi connectivity index (χ0n) is 11.0. The standard InChI is InChI=1S/C16H13F3O2/c17-16(18,19)12-7-3-2-6-11(12)15(20)14-9-10-5-1-4-8-13(10)21-14/h1-8,14-15,20H,9H2. The molecule has 0 aliphatic carbocycles. The normalized spacial score (nSPS) is 19.0. The zero-order chi connectivity index (χ0) is 15.0. The first-order valence-electron chi connectivity index (χ1n) is 6.55. The van der Waals surface area contributed by atoms with Crippen LogP contribution in [0.3, 0.4) is 0 Å². The van der Waals surface area contributed by atoms with Gasteiger partial charge >= 0.3 is 6.18 Å². The molecular formula is C16H13F3O2. The summed E-state index contributed by atoms with van der Waals surface area (Å²) in [4.78, 5) is 0. The van der Waals surface area contributed by atoms with Crippen LogP contribution >= 0.6 is 0 Å². The van der Waals surface area contributed by atoms with Gasteiger partial charge in [0.2, 0.25) is 0 Å². The van der Waals surface area contributed by atoms with Crippen LogP contribution in [0.5, 0.6) is 5.75 Å². The lowest BCUT2D eigenvalue weighted by molar-refractivity contribution is -0.139. The number of rotatable bonds is 2. The SMILES string of the molecule is OC(c1ccccc1C(F)(F)F)C1Cc2ccccc2O1. The fourth-order valence-corrected chi connectivity index (χ4v) is 2.60. The first kappa shape index (κ1) is 13.9. The predicted octanol–water partition coefficient (Wildman–Crippen LogP) is 3.74. The summed E-state index contributed by atoms with van der Waals surface area (Å²) >= 11 is 0. The molecule has 0 saturated carbocycles. The van der Waals surface area contributed by atoms with Crippen LogP contribution in [0.25, 0.3) is 0 Å². The van der Waals surface area contributed by atoms with Crippen molar-refractivity contribution in [3.05, 3.63) is 65.2 Å². The van der Waals surface area contributed by atoms with Gasteiger partial charge in [-0.2, -0.15) is 13.2 Å². The number of alkyl halides is 3. The summed E-state index contributed by atoms with van der Waals surface area (Å²) in [7, 11) is 0. The van der Waals surface area contributed by atoms with Crippen LogP contribution in [-0.2, 0) is 12.6 Å². The number of fused-ring (bicyclic) bond motifs is 1. The second-order valence-corrected chi connectivity index (χ2v) is 5.00. The number of halogens is 3. The number of benzene rings is 2. The lowest BCUT2D eigenvalue weighted by Crippen LogP contribution is -2.25. The van der Waals surface area contributed by atoms with Crippen LogP contribution < -0.4 is 4.74 Å². The molecular weight excluding hydrogens is 281 g/mol. The topological polar surface area (TPSA) is 29.5 Å². The van der Waals surface area contributed by atoms with Gasteiger partial charge in [-0.05, 0) is 23.3 Å². The minimum atomic E-state index is -4.50.